The molecule has 15 heteroatoms. The predicted octanol–water partition coefficient (Wildman–Crippen LogP) is 5.11. The maximum Gasteiger partial charge on any atom is 0.330 e. The van der Waals surface area contributed by atoms with E-state index in [1.807, 2.05) is 30.3 Å². The van der Waals surface area contributed by atoms with Crippen molar-refractivity contribution in [3.63, 3.8) is 0 Å². The summed E-state index contributed by atoms with van der Waals surface area (Å²) in [5, 5.41) is 11.4. The number of hydrogen-bond acceptors (Lipinski definition) is 13. The summed E-state index contributed by atoms with van der Waals surface area (Å²) in [5.74, 6) is -3.89. The number of hydroxylamine groups is 1. The zero-order valence-electron chi connectivity index (χ0n) is 33.8. The van der Waals surface area contributed by atoms with Gasteiger partial charge in [0.15, 0.2) is 11.5 Å². The largest absolute Gasteiger partial charge is 0.480 e. The molecular formula is C40H56N2O13. The Morgan fingerprint density at radius 1 is 0.618 bits per heavy atom. The van der Waals surface area contributed by atoms with Crippen molar-refractivity contribution in [1.82, 2.24) is 10.8 Å². The fourth-order valence-corrected chi connectivity index (χ4v) is 3.64. The van der Waals surface area contributed by atoms with Gasteiger partial charge in [-0.15, -0.1) is 5.48 Å². The van der Waals surface area contributed by atoms with E-state index < -0.39 is 76.4 Å². The molecule has 0 aromatic heterocycles. The molecule has 1 amide bonds. The fraction of sp³-hybridized carbons (Fsp3) is 0.525. The Bertz CT molecular complexity index is 1640. The lowest BCUT2D eigenvalue weighted by atomic mass is 9.97. The van der Waals surface area contributed by atoms with E-state index >= 15 is 0 Å². The van der Waals surface area contributed by atoms with Crippen molar-refractivity contribution in [2.75, 3.05) is 6.79 Å². The van der Waals surface area contributed by atoms with Crippen LogP contribution in [-0.4, -0.2) is 66.2 Å². The Balaban J connectivity index is 0.000000550. The molecule has 3 N–H and O–H groups in total. The lowest BCUT2D eigenvalue weighted by Crippen LogP contribution is -2.43. The third kappa shape index (κ3) is 17.6. The first-order valence-corrected chi connectivity index (χ1v) is 17.5. The monoisotopic (exact) mass is 772 g/mol. The lowest BCUT2D eigenvalue weighted by molar-refractivity contribution is -0.178. The molecule has 0 saturated carbocycles. The first-order valence-electron chi connectivity index (χ1n) is 17.5. The van der Waals surface area contributed by atoms with Crippen LogP contribution < -0.4 is 20.3 Å². The smallest absolute Gasteiger partial charge is 0.330 e. The molecular weight excluding hydrogens is 716 g/mol. The standard InChI is InChI=1S/C20H27NO7.C20H29NO6/c1-19(2,3)17(25)27-14-8-7-12(9-13(16(23)24)21-11-22)10-15(14)28-18(26)20(4,5)6;1-19(2,3)17(23)26-13-25-16(22)15(12-14-10-8-7-9-11-14)21-27-18(24)20(4,5)6/h7-8,10-11,13H,9H2,1-6H3,(H,21,22)(H,23,24);7-11,15,21H,12-13H2,1-6H3/t13-;15-/m00/s1. The number of esters is 4. The fourth-order valence-electron chi connectivity index (χ4n) is 3.64. The van der Waals surface area contributed by atoms with Gasteiger partial charge in [0.25, 0.3) is 0 Å². The van der Waals surface area contributed by atoms with Gasteiger partial charge in [-0.1, -0.05) is 36.4 Å². The van der Waals surface area contributed by atoms with Crippen molar-refractivity contribution in [2.24, 2.45) is 21.7 Å². The zero-order chi connectivity index (χ0) is 42.4. The minimum absolute atomic E-state index is 0.00488. The summed E-state index contributed by atoms with van der Waals surface area (Å²) >= 11 is 0. The van der Waals surface area contributed by atoms with Crippen LogP contribution in [0.3, 0.4) is 0 Å². The Morgan fingerprint density at radius 2 is 1.11 bits per heavy atom. The van der Waals surface area contributed by atoms with E-state index in [0.717, 1.165) is 5.56 Å². The van der Waals surface area contributed by atoms with Crippen LogP contribution in [0, 0.1) is 21.7 Å². The Hall–Kier alpha value is -5.31. The van der Waals surface area contributed by atoms with Gasteiger partial charge in [-0.05, 0) is 106 Å². The van der Waals surface area contributed by atoms with Gasteiger partial charge < -0.3 is 34.2 Å². The van der Waals surface area contributed by atoms with E-state index in [1.165, 1.54) is 12.1 Å². The second-order valence-electron chi connectivity index (χ2n) is 16.7. The van der Waals surface area contributed by atoms with Crippen LogP contribution in [0.4, 0.5) is 0 Å². The zero-order valence-corrected chi connectivity index (χ0v) is 33.8. The topological polar surface area (TPSA) is 210 Å². The summed E-state index contributed by atoms with van der Waals surface area (Å²) in [6.45, 7) is 19.8. The molecule has 0 spiro atoms. The van der Waals surface area contributed by atoms with Crippen molar-refractivity contribution < 1.29 is 62.5 Å². The molecule has 55 heavy (non-hydrogen) atoms. The number of amides is 1. The van der Waals surface area contributed by atoms with E-state index in [0.29, 0.717) is 12.0 Å². The van der Waals surface area contributed by atoms with Crippen molar-refractivity contribution in [3.05, 3.63) is 59.7 Å². The molecule has 0 bridgehead atoms. The number of nitrogens with one attached hydrogen (secondary N) is 2. The van der Waals surface area contributed by atoms with Gasteiger partial charge in [-0.3, -0.25) is 24.0 Å². The molecule has 0 aliphatic rings. The van der Waals surface area contributed by atoms with E-state index in [-0.39, 0.29) is 24.3 Å². The first kappa shape index (κ1) is 47.7. The number of aliphatic carboxylic acids is 1. The maximum absolute atomic E-state index is 12.4. The number of carboxylic acids is 1. The van der Waals surface area contributed by atoms with Crippen molar-refractivity contribution in [1.29, 1.82) is 0 Å². The number of carboxylic acid groups (broad SMARTS) is 1. The SMILES string of the molecule is CC(C)(C)C(=O)OCOC(=O)[C@H](Cc1ccccc1)NOC(=O)C(C)(C)C.CC(C)(C)C(=O)Oc1ccc(C[C@H](NC=O)C(=O)O)cc1OC(=O)C(C)(C)C. The van der Waals surface area contributed by atoms with Crippen LogP contribution in [0.15, 0.2) is 48.5 Å². The summed E-state index contributed by atoms with van der Waals surface area (Å²) in [7, 11) is 0. The predicted molar refractivity (Wildman–Crippen MR) is 200 cm³/mol. The molecule has 2 aromatic rings. The molecule has 0 saturated heterocycles. The lowest BCUT2D eigenvalue weighted by Gasteiger charge is -2.21. The molecule has 0 fully saturated rings. The highest BCUT2D eigenvalue weighted by Crippen LogP contribution is 2.33. The van der Waals surface area contributed by atoms with Gasteiger partial charge in [-0.25, -0.2) is 9.59 Å². The van der Waals surface area contributed by atoms with Crippen molar-refractivity contribution in [2.45, 2.75) is 108 Å². The molecule has 0 unspecified atom stereocenters. The summed E-state index contributed by atoms with van der Waals surface area (Å²) in [4.78, 5) is 87.5. The van der Waals surface area contributed by atoms with Crippen LogP contribution >= 0.6 is 0 Å². The Kier molecular flexibility index (Phi) is 17.7. The third-order valence-corrected chi connectivity index (χ3v) is 7.12. The molecule has 2 atom stereocenters. The minimum Gasteiger partial charge on any atom is -0.480 e. The maximum atomic E-state index is 12.4. The van der Waals surface area contributed by atoms with Crippen LogP contribution in [-0.2, 0) is 60.7 Å². The van der Waals surface area contributed by atoms with E-state index in [2.05, 4.69) is 10.8 Å². The van der Waals surface area contributed by atoms with E-state index in [4.69, 9.17) is 23.8 Å². The number of carbonyl (C=O) groups is 7. The molecule has 2 aromatic carbocycles. The number of hydrogen-bond donors (Lipinski definition) is 3. The van der Waals surface area contributed by atoms with E-state index in [9.17, 15) is 38.7 Å². The van der Waals surface area contributed by atoms with Crippen LogP contribution in [0.5, 0.6) is 11.5 Å². The number of carbonyl (C=O) groups excluding carboxylic acids is 6. The summed E-state index contributed by atoms with van der Waals surface area (Å²) in [6.07, 6.45) is 0.505. The quantitative estimate of drug-likeness (QED) is 0.0749. The average Bonchev–Trinajstić information content (AvgIpc) is 3.06. The Labute approximate surface area is 322 Å². The Morgan fingerprint density at radius 3 is 1.58 bits per heavy atom. The molecule has 15 nitrogen and oxygen atoms in total. The molecule has 0 aliphatic carbocycles. The second kappa shape index (κ2) is 20.4. The van der Waals surface area contributed by atoms with Crippen molar-refractivity contribution >= 4 is 42.2 Å². The highest BCUT2D eigenvalue weighted by Gasteiger charge is 2.30. The average molecular weight is 773 g/mol. The normalized spacial score (nSPS) is 12.7. The van der Waals surface area contributed by atoms with Gasteiger partial charge in [0.05, 0.1) is 21.7 Å². The second-order valence-corrected chi connectivity index (χ2v) is 16.7. The molecule has 0 aliphatic heterocycles. The highest BCUT2D eigenvalue weighted by atomic mass is 16.7. The number of rotatable bonds is 14. The molecule has 304 valence electrons. The summed E-state index contributed by atoms with van der Waals surface area (Å²) in [6, 6.07) is 11.5. The van der Waals surface area contributed by atoms with Gasteiger partial charge in [0.2, 0.25) is 13.2 Å². The first-order chi connectivity index (χ1) is 25.2. The molecule has 2 rings (SSSR count). The molecule has 0 radical (unpaired) electrons. The van der Waals surface area contributed by atoms with Crippen LogP contribution in [0.1, 0.15) is 94.2 Å². The number of benzene rings is 2. The summed E-state index contributed by atoms with van der Waals surface area (Å²) < 4.78 is 20.8. The van der Waals surface area contributed by atoms with Gasteiger partial charge in [0.1, 0.15) is 12.1 Å². The van der Waals surface area contributed by atoms with Gasteiger partial charge in [-0.2, -0.15) is 0 Å². The molecule has 0 heterocycles. The number of ether oxygens (including phenoxy) is 4. The van der Waals surface area contributed by atoms with Crippen molar-refractivity contribution in [3.8, 4) is 11.5 Å². The summed E-state index contributed by atoms with van der Waals surface area (Å²) in [5.41, 5.74) is 0.814. The van der Waals surface area contributed by atoms with E-state index in [1.54, 1.807) is 89.2 Å². The van der Waals surface area contributed by atoms with Crippen LogP contribution in [0.25, 0.3) is 0 Å². The minimum atomic E-state index is -1.21. The third-order valence-electron chi connectivity index (χ3n) is 7.12. The highest BCUT2D eigenvalue weighted by molar-refractivity contribution is 5.82. The van der Waals surface area contributed by atoms with Gasteiger partial charge in [0, 0.05) is 12.8 Å². The van der Waals surface area contributed by atoms with Gasteiger partial charge >= 0.3 is 35.8 Å². The van der Waals surface area contributed by atoms with Crippen LogP contribution in [0.2, 0.25) is 0 Å².